The number of amides is 1. The first kappa shape index (κ1) is 22.8. The number of aliphatic imine (C=N–C) groups is 1. The van der Waals surface area contributed by atoms with E-state index in [1.807, 2.05) is 18.2 Å². The molecule has 0 spiro atoms. The number of nitrogens with one attached hydrogen (secondary N) is 2. The lowest BCUT2D eigenvalue weighted by molar-refractivity contribution is -0.119. The molecule has 0 saturated carbocycles. The second-order valence-electron chi connectivity index (χ2n) is 5.65. The molecule has 0 radical (unpaired) electrons. The van der Waals surface area contributed by atoms with Gasteiger partial charge >= 0.3 is 0 Å². The number of hydrogen-bond acceptors (Lipinski definition) is 4. The number of ether oxygens (including phenoxy) is 1. The smallest absolute Gasteiger partial charge is 0.255 e. The highest BCUT2D eigenvalue weighted by Gasteiger charge is 2.16. The zero-order valence-electron chi connectivity index (χ0n) is 14.6. The summed E-state index contributed by atoms with van der Waals surface area (Å²) in [5.41, 5.74) is 6.10. The van der Waals surface area contributed by atoms with E-state index in [9.17, 15) is 4.79 Å². The van der Waals surface area contributed by atoms with Crippen molar-refractivity contribution < 1.29 is 9.53 Å². The minimum absolute atomic E-state index is 0. The number of rotatable bonds is 8. The first-order valence-corrected chi connectivity index (χ1v) is 8.58. The van der Waals surface area contributed by atoms with Crippen LogP contribution in [0.15, 0.2) is 29.3 Å². The summed E-state index contributed by atoms with van der Waals surface area (Å²) in [5, 5.41) is 6.57. The van der Waals surface area contributed by atoms with Crippen LogP contribution in [0.3, 0.4) is 0 Å². The molecular weight excluding hydrogens is 439 g/mol. The summed E-state index contributed by atoms with van der Waals surface area (Å²) in [6.07, 6.45) is 2.09. The van der Waals surface area contributed by atoms with Crippen molar-refractivity contribution in [3.63, 3.8) is 0 Å². The Hall–Kier alpha value is -1.16. The summed E-state index contributed by atoms with van der Waals surface area (Å²) >= 11 is 1.80. The second-order valence-corrected chi connectivity index (χ2v) is 7.16. The van der Waals surface area contributed by atoms with Crippen molar-refractivity contribution in [1.29, 1.82) is 0 Å². The fourth-order valence-corrected chi connectivity index (χ4v) is 1.89. The zero-order chi connectivity index (χ0) is 17.3. The van der Waals surface area contributed by atoms with Crippen molar-refractivity contribution in [2.45, 2.75) is 25.1 Å². The van der Waals surface area contributed by atoms with Gasteiger partial charge in [0.05, 0.1) is 0 Å². The molecule has 4 N–H and O–H groups in total. The van der Waals surface area contributed by atoms with Crippen molar-refractivity contribution >= 4 is 47.6 Å². The standard InChI is InChI=1S/C16H26N4O2S.HI/c1-16(2,23-4)11-20-15(18-3)19-9-12-6-5-7-13(8-12)22-10-14(17)21;/h5-8H,9-11H2,1-4H3,(H2,17,21)(H2,18,19,20);1H. The van der Waals surface area contributed by atoms with Crippen LogP contribution in [0.1, 0.15) is 19.4 Å². The predicted molar refractivity (Wildman–Crippen MR) is 112 cm³/mol. The van der Waals surface area contributed by atoms with E-state index in [1.54, 1.807) is 24.9 Å². The number of thioether (sulfide) groups is 1. The van der Waals surface area contributed by atoms with E-state index >= 15 is 0 Å². The highest BCUT2D eigenvalue weighted by atomic mass is 127. The van der Waals surface area contributed by atoms with E-state index < -0.39 is 5.91 Å². The quantitative estimate of drug-likeness (QED) is 0.310. The number of carbonyl (C=O) groups excluding carboxylic acids is 1. The third kappa shape index (κ3) is 9.21. The Kier molecular flexibility index (Phi) is 10.9. The lowest BCUT2D eigenvalue weighted by Gasteiger charge is -2.23. The molecule has 0 aliphatic rings. The monoisotopic (exact) mass is 466 g/mol. The number of hydrogen-bond donors (Lipinski definition) is 3. The van der Waals surface area contributed by atoms with Crippen molar-refractivity contribution in [3.8, 4) is 5.75 Å². The van der Waals surface area contributed by atoms with E-state index in [-0.39, 0.29) is 35.3 Å². The first-order chi connectivity index (χ1) is 10.9. The number of guanidine groups is 1. The van der Waals surface area contributed by atoms with Gasteiger partial charge in [0.15, 0.2) is 12.6 Å². The maximum Gasteiger partial charge on any atom is 0.255 e. The Morgan fingerprint density at radius 1 is 1.38 bits per heavy atom. The molecule has 0 saturated heterocycles. The van der Waals surface area contributed by atoms with Crippen LogP contribution in [0.2, 0.25) is 0 Å². The average Bonchev–Trinajstić information content (AvgIpc) is 2.53. The number of benzene rings is 1. The fraction of sp³-hybridized carbons (Fsp3) is 0.500. The first-order valence-electron chi connectivity index (χ1n) is 7.36. The third-order valence-electron chi connectivity index (χ3n) is 3.20. The molecule has 24 heavy (non-hydrogen) atoms. The van der Waals surface area contributed by atoms with Crippen molar-refractivity contribution in [3.05, 3.63) is 29.8 Å². The second kappa shape index (κ2) is 11.4. The highest BCUT2D eigenvalue weighted by molar-refractivity contribution is 14.0. The Balaban J connectivity index is 0.00000529. The molecule has 6 nitrogen and oxygen atoms in total. The zero-order valence-corrected chi connectivity index (χ0v) is 17.7. The molecule has 0 aliphatic heterocycles. The molecule has 0 aliphatic carbocycles. The average molecular weight is 466 g/mol. The van der Waals surface area contributed by atoms with Gasteiger partial charge in [0, 0.05) is 24.9 Å². The molecule has 0 heterocycles. The molecule has 0 bridgehead atoms. The molecule has 0 unspecified atom stereocenters. The van der Waals surface area contributed by atoms with Crippen LogP contribution in [-0.2, 0) is 11.3 Å². The van der Waals surface area contributed by atoms with Gasteiger partial charge in [0.1, 0.15) is 5.75 Å². The van der Waals surface area contributed by atoms with Crippen molar-refractivity contribution in [1.82, 2.24) is 10.6 Å². The molecule has 1 aromatic rings. The van der Waals surface area contributed by atoms with Crippen LogP contribution in [0.5, 0.6) is 5.75 Å². The van der Waals surface area contributed by atoms with E-state index in [1.165, 1.54) is 0 Å². The van der Waals surface area contributed by atoms with Gasteiger partial charge in [0.2, 0.25) is 0 Å². The third-order valence-corrected chi connectivity index (χ3v) is 4.45. The molecule has 0 atom stereocenters. The minimum atomic E-state index is -0.491. The lowest BCUT2D eigenvalue weighted by atomic mass is 10.2. The van der Waals surface area contributed by atoms with Crippen LogP contribution in [0.25, 0.3) is 0 Å². The summed E-state index contributed by atoms with van der Waals surface area (Å²) < 4.78 is 5.44. The number of nitrogens with two attached hydrogens (primary N) is 1. The van der Waals surface area contributed by atoms with Crippen LogP contribution in [0.4, 0.5) is 0 Å². The van der Waals surface area contributed by atoms with Crippen molar-refractivity contribution in [2.24, 2.45) is 10.7 Å². The van der Waals surface area contributed by atoms with Gasteiger partial charge in [-0.05, 0) is 37.8 Å². The van der Waals surface area contributed by atoms with Crippen molar-refractivity contribution in [2.75, 3.05) is 26.5 Å². The number of carbonyl (C=O) groups is 1. The maximum absolute atomic E-state index is 10.7. The molecule has 1 rings (SSSR count). The van der Waals surface area contributed by atoms with Gasteiger partial charge < -0.3 is 21.1 Å². The Morgan fingerprint density at radius 3 is 2.67 bits per heavy atom. The summed E-state index contributed by atoms with van der Waals surface area (Å²) in [6.45, 7) is 5.65. The summed E-state index contributed by atoms with van der Waals surface area (Å²) in [4.78, 5) is 15.0. The number of halogens is 1. The highest BCUT2D eigenvalue weighted by Crippen LogP contribution is 2.19. The minimum Gasteiger partial charge on any atom is -0.484 e. The normalized spacial score (nSPS) is 11.4. The Bertz CT molecular complexity index is 553. The van der Waals surface area contributed by atoms with Gasteiger partial charge in [-0.3, -0.25) is 9.79 Å². The Morgan fingerprint density at radius 2 is 2.08 bits per heavy atom. The number of primary amides is 1. The SMILES string of the molecule is CN=C(NCc1cccc(OCC(N)=O)c1)NCC(C)(C)SC.I. The Labute approximate surface area is 165 Å². The van der Waals surface area contributed by atoms with E-state index in [0.717, 1.165) is 18.1 Å². The molecule has 8 heteroatoms. The van der Waals surface area contributed by atoms with Crippen LogP contribution in [-0.4, -0.2) is 43.1 Å². The van der Waals surface area contributed by atoms with Crippen LogP contribution >= 0.6 is 35.7 Å². The van der Waals surface area contributed by atoms with Crippen LogP contribution < -0.4 is 21.1 Å². The number of nitrogens with zero attached hydrogens (tertiary/aromatic N) is 1. The molecule has 1 amide bonds. The summed E-state index contributed by atoms with van der Waals surface area (Å²) in [7, 11) is 1.74. The fourth-order valence-electron chi connectivity index (χ4n) is 1.67. The molecular formula is C16H27IN4O2S. The lowest BCUT2D eigenvalue weighted by Crippen LogP contribution is -2.42. The van der Waals surface area contributed by atoms with Gasteiger partial charge in [0.25, 0.3) is 5.91 Å². The van der Waals surface area contributed by atoms with Crippen LogP contribution in [0, 0.1) is 0 Å². The molecule has 0 fully saturated rings. The van der Waals surface area contributed by atoms with Gasteiger partial charge in [-0.2, -0.15) is 11.8 Å². The largest absolute Gasteiger partial charge is 0.484 e. The van der Waals surface area contributed by atoms with E-state index in [2.05, 4.69) is 35.7 Å². The molecule has 136 valence electrons. The van der Waals surface area contributed by atoms with E-state index in [4.69, 9.17) is 10.5 Å². The molecule has 1 aromatic carbocycles. The topological polar surface area (TPSA) is 88.7 Å². The summed E-state index contributed by atoms with van der Waals surface area (Å²) in [5.74, 6) is 0.875. The summed E-state index contributed by atoms with van der Waals surface area (Å²) in [6, 6.07) is 7.51. The molecule has 0 aromatic heterocycles. The maximum atomic E-state index is 10.7. The van der Waals surface area contributed by atoms with Gasteiger partial charge in [-0.1, -0.05) is 12.1 Å². The predicted octanol–water partition coefficient (Wildman–Crippen LogP) is 1.98. The van der Waals surface area contributed by atoms with E-state index in [0.29, 0.717) is 12.3 Å². The van der Waals surface area contributed by atoms with Gasteiger partial charge in [-0.15, -0.1) is 24.0 Å². The van der Waals surface area contributed by atoms with Gasteiger partial charge in [-0.25, -0.2) is 0 Å².